The number of benzene rings is 3. The predicted octanol–water partition coefficient (Wildman–Crippen LogP) is 4.66. The van der Waals surface area contributed by atoms with Crippen LogP contribution in [0.2, 0.25) is 0 Å². The van der Waals surface area contributed by atoms with Crippen LogP contribution >= 0.6 is 0 Å². The maximum Gasteiger partial charge on any atom is 0.414 e. The lowest BCUT2D eigenvalue weighted by Crippen LogP contribution is -2.31. The third-order valence-corrected chi connectivity index (χ3v) is 4.20. The number of nitrogens with two attached hydrogens (primary N) is 1. The van der Waals surface area contributed by atoms with E-state index >= 15 is 0 Å². The zero-order valence-corrected chi connectivity index (χ0v) is 15.3. The fourth-order valence-electron chi connectivity index (χ4n) is 2.69. The van der Waals surface area contributed by atoms with Crippen molar-refractivity contribution < 1.29 is 18.8 Å². The lowest BCUT2D eigenvalue weighted by atomic mass is 10.2. The van der Waals surface area contributed by atoms with Gasteiger partial charge in [-0.05, 0) is 35.4 Å². The van der Waals surface area contributed by atoms with Gasteiger partial charge in [0, 0.05) is 6.07 Å². The van der Waals surface area contributed by atoms with E-state index in [4.69, 9.17) is 10.5 Å². The van der Waals surface area contributed by atoms with Crippen LogP contribution in [0.1, 0.15) is 11.1 Å². The normalized spacial score (nSPS) is 10.4. The number of nitro benzene ring substituents is 1. The Bertz CT molecular complexity index is 1010. The SMILES string of the molecule is Nc1ccc(N(Cc2ccc(F)cc2)C(=O)OCc2ccccc2)cc1[N+](=O)[O-]. The van der Waals surface area contributed by atoms with E-state index in [0.717, 1.165) is 5.56 Å². The lowest BCUT2D eigenvalue weighted by Gasteiger charge is -2.22. The molecule has 0 unspecified atom stereocenters. The van der Waals surface area contributed by atoms with Gasteiger partial charge in [-0.25, -0.2) is 9.18 Å². The van der Waals surface area contributed by atoms with E-state index in [9.17, 15) is 19.3 Å². The van der Waals surface area contributed by atoms with Crippen molar-refractivity contribution in [1.82, 2.24) is 0 Å². The zero-order valence-electron chi connectivity index (χ0n) is 15.3. The molecular weight excluding hydrogens is 377 g/mol. The Morgan fingerprint density at radius 1 is 1.03 bits per heavy atom. The molecule has 0 saturated carbocycles. The molecule has 0 radical (unpaired) electrons. The largest absolute Gasteiger partial charge is 0.444 e. The molecule has 0 aliphatic rings. The molecule has 3 aromatic carbocycles. The standard InChI is InChI=1S/C21H18FN3O4/c22-17-8-6-15(7-9-17)13-24(18-10-11-19(23)20(12-18)25(27)28)21(26)29-14-16-4-2-1-3-5-16/h1-12H,13-14,23H2. The molecule has 0 aliphatic heterocycles. The molecule has 0 atom stereocenters. The quantitative estimate of drug-likeness (QED) is 0.372. The number of carbonyl (C=O) groups is 1. The van der Waals surface area contributed by atoms with Crippen molar-refractivity contribution in [3.8, 4) is 0 Å². The van der Waals surface area contributed by atoms with Crippen LogP contribution in [0.5, 0.6) is 0 Å². The molecule has 0 spiro atoms. The lowest BCUT2D eigenvalue weighted by molar-refractivity contribution is -0.383. The minimum atomic E-state index is -0.697. The summed E-state index contributed by atoms with van der Waals surface area (Å²) in [6, 6.07) is 18.8. The van der Waals surface area contributed by atoms with Gasteiger partial charge in [-0.2, -0.15) is 0 Å². The first-order valence-electron chi connectivity index (χ1n) is 8.70. The number of nitrogens with zero attached hydrogens (tertiary/aromatic N) is 2. The van der Waals surface area contributed by atoms with Gasteiger partial charge in [0.05, 0.1) is 17.2 Å². The zero-order chi connectivity index (χ0) is 20.8. The van der Waals surface area contributed by atoms with Crippen LogP contribution in [0.15, 0.2) is 72.8 Å². The second kappa shape index (κ2) is 8.83. The molecule has 0 saturated heterocycles. The molecule has 0 heterocycles. The van der Waals surface area contributed by atoms with Crippen molar-refractivity contribution in [3.63, 3.8) is 0 Å². The summed E-state index contributed by atoms with van der Waals surface area (Å²) in [5, 5.41) is 11.2. The summed E-state index contributed by atoms with van der Waals surface area (Å²) in [6.07, 6.45) is -0.697. The van der Waals surface area contributed by atoms with E-state index in [2.05, 4.69) is 0 Å². The van der Waals surface area contributed by atoms with E-state index in [0.29, 0.717) is 5.56 Å². The second-order valence-electron chi connectivity index (χ2n) is 6.25. The van der Waals surface area contributed by atoms with Crippen LogP contribution < -0.4 is 10.6 Å². The van der Waals surface area contributed by atoms with Gasteiger partial charge in [0.25, 0.3) is 5.69 Å². The fourth-order valence-corrected chi connectivity index (χ4v) is 2.69. The van der Waals surface area contributed by atoms with E-state index in [1.54, 1.807) is 0 Å². The molecule has 8 heteroatoms. The van der Waals surface area contributed by atoms with Crippen LogP contribution in [-0.2, 0) is 17.9 Å². The number of rotatable bonds is 6. The number of ether oxygens (including phenoxy) is 1. The van der Waals surface area contributed by atoms with Crippen molar-refractivity contribution in [3.05, 3.63) is 99.9 Å². The summed E-state index contributed by atoms with van der Waals surface area (Å²) in [6.45, 7) is 0.0750. The third-order valence-electron chi connectivity index (χ3n) is 4.20. The first-order chi connectivity index (χ1) is 13.9. The molecule has 3 aromatic rings. The van der Waals surface area contributed by atoms with Crippen molar-refractivity contribution in [2.45, 2.75) is 13.2 Å². The first kappa shape index (κ1) is 19.8. The second-order valence-corrected chi connectivity index (χ2v) is 6.25. The average Bonchev–Trinajstić information content (AvgIpc) is 2.72. The van der Waals surface area contributed by atoms with Crippen LogP contribution in [0, 0.1) is 15.9 Å². The number of nitro groups is 1. The van der Waals surface area contributed by atoms with Crippen LogP contribution in [0.4, 0.5) is 26.2 Å². The highest BCUT2D eigenvalue weighted by Gasteiger charge is 2.22. The van der Waals surface area contributed by atoms with E-state index in [1.807, 2.05) is 30.3 Å². The number of halogens is 1. The molecule has 148 valence electrons. The summed E-state index contributed by atoms with van der Waals surface area (Å²) >= 11 is 0. The monoisotopic (exact) mass is 395 g/mol. The Labute approximate surface area is 166 Å². The number of carbonyl (C=O) groups excluding carboxylic acids is 1. The molecule has 2 N–H and O–H groups in total. The van der Waals surface area contributed by atoms with Crippen LogP contribution in [-0.4, -0.2) is 11.0 Å². The highest BCUT2D eigenvalue weighted by Crippen LogP contribution is 2.29. The van der Waals surface area contributed by atoms with Crippen molar-refractivity contribution in [1.29, 1.82) is 0 Å². The molecule has 0 bridgehead atoms. The van der Waals surface area contributed by atoms with Gasteiger partial charge < -0.3 is 10.5 Å². The first-order valence-corrected chi connectivity index (χ1v) is 8.70. The minimum Gasteiger partial charge on any atom is -0.444 e. The van der Waals surface area contributed by atoms with Gasteiger partial charge >= 0.3 is 6.09 Å². The molecule has 7 nitrogen and oxygen atoms in total. The summed E-state index contributed by atoms with van der Waals surface area (Å²) in [5.41, 5.74) is 6.99. The van der Waals surface area contributed by atoms with Crippen molar-refractivity contribution in [2.75, 3.05) is 10.6 Å². The third kappa shape index (κ3) is 5.07. The van der Waals surface area contributed by atoms with Gasteiger partial charge in [-0.3, -0.25) is 15.0 Å². The topological polar surface area (TPSA) is 98.7 Å². The smallest absolute Gasteiger partial charge is 0.414 e. The van der Waals surface area contributed by atoms with Gasteiger partial charge in [0.15, 0.2) is 0 Å². The molecule has 1 amide bonds. The minimum absolute atomic E-state index is 0.0156. The predicted molar refractivity (Wildman–Crippen MR) is 107 cm³/mol. The van der Waals surface area contributed by atoms with Crippen molar-refractivity contribution >= 4 is 23.2 Å². The molecule has 0 aliphatic carbocycles. The fraction of sp³-hybridized carbons (Fsp3) is 0.0952. The summed E-state index contributed by atoms with van der Waals surface area (Å²) in [4.78, 5) is 24.6. The number of hydrogen-bond donors (Lipinski definition) is 1. The Balaban J connectivity index is 1.88. The van der Waals surface area contributed by atoms with Gasteiger partial charge in [0.2, 0.25) is 0 Å². The number of nitrogen functional groups attached to an aromatic ring is 1. The number of hydrogen-bond acceptors (Lipinski definition) is 5. The Morgan fingerprint density at radius 2 is 1.72 bits per heavy atom. The summed E-state index contributed by atoms with van der Waals surface area (Å²) < 4.78 is 18.6. The number of anilines is 2. The summed E-state index contributed by atoms with van der Waals surface area (Å²) in [5.74, 6) is -0.407. The van der Waals surface area contributed by atoms with Gasteiger partial charge in [-0.15, -0.1) is 0 Å². The number of amides is 1. The van der Waals surface area contributed by atoms with Crippen LogP contribution in [0.3, 0.4) is 0 Å². The van der Waals surface area contributed by atoms with Crippen LogP contribution in [0.25, 0.3) is 0 Å². The molecule has 29 heavy (non-hydrogen) atoms. The van der Waals surface area contributed by atoms with E-state index < -0.39 is 16.8 Å². The summed E-state index contributed by atoms with van der Waals surface area (Å²) in [7, 11) is 0. The highest BCUT2D eigenvalue weighted by molar-refractivity contribution is 5.88. The van der Waals surface area contributed by atoms with E-state index in [1.165, 1.54) is 47.4 Å². The maximum absolute atomic E-state index is 13.2. The molecule has 0 fully saturated rings. The molecular formula is C21H18FN3O4. The van der Waals surface area contributed by atoms with Gasteiger partial charge in [-0.1, -0.05) is 42.5 Å². The molecule has 3 rings (SSSR count). The average molecular weight is 395 g/mol. The van der Waals surface area contributed by atoms with Gasteiger partial charge in [0.1, 0.15) is 18.1 Å². The van der Waals surface area contributed by atoms with E-state index in [-0.39, 0.29) is 30.2 Å². The van der Waals surface area contributed by atoms with Crippen molar-refractivity contribution in [2.24, 2.45) is 0 Å². The Hall–Kier alpha value is -3.94. The Kier molecular flexibility index (Phi) is 6.03. The Morgan fingerprint density at radius 3 is 2.38 bits per heavy atom. The maximum atomic E-state index is 13.2. The molecule has 0 aromatic heterocycles. The highest BCUT2D eigenvalue weighted by atomic mass is 19.1.